The zero-order chi connectivity index (χ0) is 22.8. The number of hydrogen-bond donors (Lipinski definition) is 3. The number of aromatic amines is 1. The summed E-state index contributed by atoms with van der Waals surface area (Å²) in [5.41, 5.74) is 1.98. The normalized spacial score (nSPS) is 12.4. The van der Waals surface area contributed by atoms with Crippen LogP contribution in [-0.2, 0) is 10.0 Å². The van der Waals surface area contributed by atoms with E-state index in [0.717, 1.165) is 5.56 Å². The summed E-state index contributed by atoms with van der Waals surface area (Å²) in [4.78, 5) is 20.3. The number of H-pyrrole nitrogens is 1. The SMILES string of the molecule is O=C(Nc1ccc(S(=O)(=O)Nc2ncccn2)cc1)c1cc(-c2ccc3c(c2)OCO3)n[nH]1. The van der Waals surface area contributed by atoms with Crippen molar-refractivity contribution in [1.82, 2.24) is 20.2 Å². The molecule has 4 aromatic rings. The Labute approximate surface area is 187 Å². The average molecular weight is 464 g/mol. The van der Waals surface area contributed by atoms with Crippen LogP contribution in [0.15, 0.2) is 71.9 Å². The van der Waals surface area contributed by atoms with Gasteiger partial charge in [-0.3, -0.25) is 9.89 Å². The first kappa shape index (κ1) is 20.5. The molecule has 1 amide bonds. The minimum absolute atomic E-state index is 0.000383. The van der Waals surface area contributed by atoms with Crippen LogP contribution in [0.25, 0.3) is 11.3 Å². The first-order chi connectivity index (χ1) is 16.0. The van der Waals surface area contributed by atoms with Gasteiger partial charge in [0.1, 0.15) is 5.69 Å². The molecule has 3 heterocycles. The molecule has 0 radical (unpaired) electrons. The maximum absolute atomic E-state index is 12.6. The molecule has 1 aliphatic rings. The van der Waals surface area contributed by atoms with E-state index in [9.17, 15) is 13.2 Å². The molecule has 0 saturated heterocycles. The van der Waals surface area contributed by atoms with Crippen LogP contribution in [0.2, 0.25) is 0 Å². The summed E-state index contributed by atoms with van der Waals surface area (Å²) in [5.74, 6) is 0.808. The van der Waals surface area contributed by atoms with Gasteiger partial charge in [-0.2, -0.15) is 5.10 Å². The summed E-state index contributed by atoms with van der Waals surface area (Å²) < 4.78 is 37.9. The van der Waals surface area contributed by atoms with E-state index in [2.05, 4.69) is 30.2 Å². The molecular formula is C21H16N6O5S. The van der Waals surface area contributed by atoms with Gasteiger partial charge in [-0.05, 0) is 54.6 Å². The molecule has 1 aliphatic heterocycles. The van der Waals surface area contributed by atoms with Crippen LogP contribution in [-0.4, -0.2) is 41.3 Å². The smallest absolute Gasteiger partial charge is 0.273 e. The number of fused-ring (bicyclic) bond motifs is 1. The van der Waals surface area contributed by atoms with Crippen LogP contribution in [0.4, 0.5) is 11.6 Å². The van der Waals surface area contributed by atoms with Crippen LogP contribution >= 0.6 is 0 Å². The summed E-state index contributed by atoms with van der Waals surface area (Å²) in [6.07, 6.45) is 2.85. The number of ether oxygens (including phenoxy) is 2. The minimum atomic E-state index is -3.87. The Kier molecular flexibility index (Phi) is 5.11. The molecular weight excluding hydrogens is 448 g/mol. The minimum Gasteiger partial charge on any atom is -0.454 e. The maximum atomic E-state index is 12.6. The predicted octanol–water partition coefficient (Wildman–Crippen LogP) is 2.65. The zero-order valence-corrected chi connectivity index (χ0v) is 17.7. The Bertz CT molecular complexity index is 1420. The van der Waals surface area contributed by atoms with Gasteiger partial charge < -0.3 is 14.8 Å². The van der Waals surface area contributed by atoms with E-state index in [1.54, 1.807) is 24.3 Å². The van der Waals surface area contributed by atoms with E-state index in [1.807, 2.05) is 6.07 Å². The summed E-state index contributed by atoms with van der Waals surface area (Å²) >= 11 is 0. The maximum Gasteiger partial charge on any atom is 0.273 e. The van der Waals surface area contributed by atoms with Crippen molar-refractivity contribution in [2.75, 3.05) is 16.8 Å². The average Bonchev–Trinajstić information content (AvgIpc) is 3.49. The molecule has 0 spiro atoms. The van der Waals surface area contributed by atoms with E-state index in [-0.39, 0.29) is 23.3 Å². The van der Waals surface area contributed by atoms with Gasteiger partial charge >= 0.3 is 0 Å². The lowest BCUT2D eigenvalue weighted by Crippen LogP contribution is -2.15. The Morgan fingerprint density at radius 2 is 1.73 bits per heavy atom. The number of aromatic nitrogens is 4. The van der Waals surface area contributed by atoms with Crippen LogP contribution in [0.3, 0.4) is 0 Å². The number of benzene rings is 2. The highest BCUT2D eigenvalue weighted by Crippen LogP contribution is 2.35. The molecule has 0 unspecified atom stereocenters. The highest BCUT2D eigenvalue weighted by Gasteiger charge is 2.18. The molecule has 12 heteroatoms. The van der Waals surface area contributed by atoms with Crippen molar-refractivity contribution >= 4 is 27.6 Å². The number of carbonyl (C=O) groups is 1. The van der Waals surface area contributed by atoms with E-state index >= 15 is 0 Å². The van der Waals surface area contributed by atoms with Crippen molar-refractivity contribution in [3.05, 3.63) is 72.7 Å². The van der Waals surface area contributed by atoms with Crippen molar-refractivity contribution < 1.29 is 22.7 Å². The van der Waals surface area contributed by atoms with Gasteiger partial charge in [0.25, 0.3) is 15.9 Å². The topological polar surface area (TPSA) is 148 Å². The van der Waals surface area contributed by atoms with Crippen LogP contribution in [0.1, 0.15) is 10.5 Å². The molecule has 5 rings (SSSR count). The second-order valence-electron chi connectivity index (χ2n) is 6.89. The monoisotopic (exact) mass is 464 g/mol. The lowest BCUT2D eigenvalue weighted by atomic mass is 10.1. The number of sulfonamides is 1. The number of anilines is 2. The summed E-state index contributed by atoms with van der Waals surface area (Å²) in [5, 5.41) is 9.58. The molecule has 0 fully saturated rings. The molecule has 33 heavy (non-hydrogen) atoms. The van der Waals surface area contributed by atoms with Crippen LogP contribution < -0.4 is 19.5 Å². The van der Waals surface area contributed by atoms with Gasteiger partial charge in [0.2, 0.25) is 12.7 Å². The fourth-order valence-electron chi connectivity index (χ4n) is 3.09. The Morgan fingerprint density at radius 1 is 0.970 bits per heavy atom. The first-order valence-electron chi connectivity index (χ1n) is 9.65. The van der Waals surface area contributed by atoms with Gasteiger partial charge in [-0.25, -0.2) is 23.1 Å². The van der Waals surface area contributed by atoms with Crippen molar-refractivity contribution in [1.29, 1.82) is 0 Å². The second kappa shape index (κ2) is 8.24. The fraction of sp³-hybridized carbons (Fsp3) is 0.0476. The fourth-order valence-corrected chi connectivity index (χ4v) is 4.05. The largest absolute Gasteiger partial charge is 0.454 e. The molecule has 3 N–H and O–H groups in total. The number of rotatable bonds is 6. The molecule has 2 aromatic carbocycles. The van der Waals surface area contributed by atoms with E-state index in [0.29, 0.717) is 22.9 Å². The number of amides is 1. The Hall–Kier alpha value is -4.45. The van der Waals surface area contributed by atoms with Gasteiger partial charge in [-0.1, -0.05) is 0 Å². The third kappa shape index (κ3) is 4.32. The highest BCUT2D eigenvalue weighted by molar-refractivity contribution is 7.92. The van der Waals surface area contributed by atoms with Gasteiger partial charge in [-0.15, -0.1) is 0 Å². The first-order valence-corrected chi connectivity index (χ1v) is 11.1. The number of hydrogen-bond acceptors (Lipinski definition) is 8. The number of nitrogens with zero attached hydrogens (tertiary/aromatic N) is 3. The van der Waals surface area contributed by atoms with Crippen molar-refractivity contribution in [3.63, 3.8) is 0 Å². The van der Waals surface area contributed by atoms with E-state index in [4.69, 9.17) is 9.47 Å². The lowest BCUT2D eigenvalue weighted by molar-refractivity contribution is 0.102. The quantitative estimate of drug-likeness (QED) is 0.394. The highest BCUT2D eigenvalue weighted by atomic mass is 32.2. The second-order valence-corrected chi connectivity index (χ2v) is 8.57. The summed E-state index contributed by atoms with van der Waals surface area (Å²) in [7, 11) is -3.87. The van der Waals surface area contributed by atoms with Gasteiger partial charge in [0.05, 0.1) is 10.6 Å². The third-order valence-corrected chi connectivity index (χ3v) is 6.05. The summed E-state index contributed by atoms with van der Waals surface area (Å²) in [6.45, 7) is 0.170. The molecule has 11 nitrogen and oxygen atoms in total. The molecule has 0 aliphatic carbocycles. The molecule has 166 valence electrons. The number of nitrogens with one attached hydrogen (secondary N) is 3. The van der Waals surface area contributed by atoms with E-state index < -0.39 is 15.9 Å². The molecule has 0 atom stereocenters. The van der Waals surface area contributed by atoms with Crippen molar-refractivity contribution in [2.45, 2.75) is 4.90 Å². The lowest BCUT2D eigenvalue weighted by Gasteiger charge is -2.08. The van der Waals surface area contributed by atoms with Crippen LogP contribution in [0, 0.1) is 0 Å². The Morgan fingerprint density at radius 3 is 2.52 bits per heavy atom. The summed E-state index contributed by atoms with van der Waals surface area (Å²) in [6, 6.07) is 14.3. The standard InChI is InChI=1S/C21H16N6O5S/c28-20(17-11-16(25-26-17)13-2-7-18-19(10-13)32-12-31-18)24-14-3-5-15(6-4-14)33(29,30)27-21-22-8-1-9-23-21/h1-11H,12H2,(H,24,28)(H,25,26)(H,22,23,27). The third-order valence-electron chi connectivity index (χ3n) is 4.70. The van der Waals surface area contributed by atoms with Crippen molar-refractivity contribution in [2.24, 2.45) is 0 Å². The van der Waals surface area contributed by atoms with Crippen molar-refractivity contribution in [3.8, 4) is 22.8 Å². The molecule has 2 aromatic heterocycles. The van der Waals surface area contributed by atoms with Gasteiger partial charge in [0, 0.05) is 23.6 Å². The zero-order valence-electron chi connectivity index (χ0n) is 16.8. The molecule has 0 saturated carbocycles. The van der Waals surface area contributed by atoms with Gasteiger partial charge in [0.15, 0.2) is 11.5 Å². The van der Waals surface area contributed by atoms with Crippen LogP contribution in [0.5, 0.6) is 11.5 Å². The predicted molar refractivity (Wildman–Crippen MR) is 117 cm³/mol. The Balaban J connectivity index is 1.27. The number of carbonyl (C=O) groups excluding carboxylic acids is 1. The molecule has 0 bridgehead atoms. The van der Waals surface area contributed by atoms with E-state index in [1.165, 1.54) is 36.7 Å².